The molecule has 1 aromatic heterocycles. The van der Waals surface area contributed by atoms with Crippen LogP contribution in [0.25, 0.3) is 0 Å². The normalized spacial score (nSPS) is 12.6. The molecule has 0 aliphatic carbocycles. The highest BCUT2D eigenvalue weighted by atomic mass is 32.2. The Morgan fingerprint density at radius 1 is 1.14 bits per heavy atom. The summed E-state index contributed by atoms with van der Waals surface area (Å²) in [5, 5.41) is 0. The van der Waals surface area contributed by atoms with E-state index in [9.17, 15) is 13.2 Å². The zero-order chi connectivity index (χ0) is 16.3. The summed E-state index contributed by atoms with van der Waals surface area (Å²) in [4.78, 5) is 17.2. The van der Waals surface area contributed by atoms with Crippen LogP contribution in [0.3, 0.4) is 0 Å². The third kappa shape index (κ3) is 3.71. The van der Waals surface area contributed by atoms with E-state index in [0.29, 0.717) is 11.1 Å². The third-order valence-electron chi connectivity index (χ3n) is 2.96. The zero-order valence-electron chi connectivity index (χ0n) is 12.7. The number of pyridine rings is 1. The molecule has 0 amide bonds. The van der Waals surface area contributed by atoms with Crippen LogP contribution in [-0.4, -0.2) is 31.2 Å². The van der Waals surface area contributed by atoms with E-state index in [2.05, 4.69) is 4.99 Å². The van der Waals surface area contributed by atoms with Gasteiger partial charge in [0.15, 0.2) is 9.84 Å². The van der Waals surface area contributed by atoms with E-state index in [4.69, 9.17) is 0 Å². The highest BCUT2D eigenvalue weighted by Crippen LogP contribution is 2.12. The van der Waals surface area contributed by atoms with Gasteiger partial charge in [0.05, 0.1) is 4.90 Å². The molecule has 0 saturated carbocycles. The molecule has 1 aromatic carbocycles. The smallest absolute Gasteiger partial charge is 0.263 e. The van der Waals surface area contributed by atoms with Gasteiger partial charge < -0.3 is 0 Å². The van der Waals surface area contributed by atoms with Crippen LogP contribution in [-0.2, 0) is 9.84 Å². The highest BCUT2D eigenvalue weighted by molar-refractivity contribution is 7.90. The van der Waals surface area contributed by atoms with Crippen molar-refractivity contribution in [3.8, 4) is 0 Å². The summed E-state index contributed by atoms with van der Waals surface area (Å²) in [5.41, 5.74) is 0.839. The molecule has 0 bridgehead atoms. The van der Waals surface area contributed by atoms with E-state index in [1.165, 1.54) is 16.7 Å². The average Bonchev–Trinajstić information content (AvgIpc) is 2.46. The van der Waals surface area contributed by atoms with Gasteiger partial charge in [-0.3, -0.25) is 14.4 Å². The molecule has 0 radical (unpaired) electrons. The van der Waals surface area contributed by atoms with Crippen LogP contribution < -0.4 is 5.49 Å². The second-order valence-corrected chi connectivity index (χ2v) is 7.27. The van der Waals surface area contributed by atoms with Gasteiger partial charge in [-0.1, -0.05) is 12.1 Å². The Morgan fingerprint density at radius 3 is 2.50 bits per heavy atom. The Bertz CT molecular complexity index is 865. The topological polar surface area (TPSA) is 68.5 Å². The SMILES string of the molecule is CC(C)N=c1ccccn1C(=O)c1cccc(S(C)(=O)=O)c1. The molecule has 0 aliphatic heterocycles. The maximum atomic E-state index is 12.6. The summed E-state index contributed by atoms with van der Waals surface area (Å²) in [7, 11) is -3.36. The van der Waals surface area contributed by atoms with Crippen molar-refractivity contribution >= 4 is 15.7 Å². The van der Waals surface area contributed by atoms with E-state index in [-0.39, 0.29) is 16.8 Å². The van der Waals surface area contributed by atoms with Gasteiger partial charge >= 0.3 is 0 Å². The van der Waals surface area contributed by atoms with Gasteiger partial charge in [-0.2, -0.15) is 0 Å². The molecule has 0 spiro atoms. The number of benzene rings is 1. The third-order valence-corrected chi connectivity index (χ3v) is 4.07. The van der Waals surface area contributed by atoms with Crippen molar-refractivity contribution in [2.24, 2.45) is 4.99 Å². The van der Waals surface area contributed by atoms with Crippen molar-refractivity contribution < 1.29 is 13.2 Å². The first kappa shape index (κ1) is 16.2. The number of hydrogen-bond acceptors (Lipinski definition) is 4. The second-order valence-electron chi connectivity index (χ2n) is 5.26. The molecule has 0 atom stereocenters. The number of aromatic nitrogens is 1. The van der Waals surface area contributed by atoms with Gasteiger partial charge in [0.25, 0.3) is 5.91 Å². The summed E-state index contributed by atoms with van der Waals surface area (Å²) in [6.07, 6.45) is 2.74. The van der Waals surface area contributed by atoms with Gasteiger partial charge in [-0.25, -0.2) is 8.42 Å². The second kappa shape index (κ2) is 6.27. The number of nitrogens with zero attached hydrogens (tertiary/aromatic N) is 2. The lowest BCUT2D eigenvalue weighted by Gasteiger charge is -2.08. The standard InChI is InChI=1S/C16H18N2O3S/c1-12(2)17-15-9-4-5-10-18(15)16(19)13-7-6-8-14(11-13)22(3,20)21/h4-12H,1-3H3. The van der Waals surface area contributed by atoms with Crippen LogP contribution in [0.1, 0.15) is 24.2 Å². The van der Waals surface area contributed by atoms with Crippen LogP contribution in [0.15, 0.2) is 58.5 Å². The molecule has 2 rings (SSSR count). The lowest BCUT2D eigenvalue weighted by molar-refractivity contribution is 0.0954. The van der Waals surface area contributed by atoms with Crippen molar-refractivity contribution in [1.29, 1.82) is 0 Å². The fraction of sp³-hybridized carbons (Fsp3) is 0.250. The van der Waals surface area contributed by atoms with Gasteiger partial charge in [0.1, 0.15) is 5.49 Å². The number of carbonyl (C=O) groups excluding carboxylic acids is 1. The molecule has 116 valence electrons. The molecule has 0 aliphatic rings. The quantitative estimate of drug-likeness (QED) is 0.868. The Kier molecular flexibility index (Phi) is 4.61. The fourth-order valence-electron chi connectivity index (χ4n) is 1.97. The zero-order valence-corrected chi connectivity index (χ0v) is 13.5. The van der Waals surface area contributed by atoms with E-state index in [1.54, 1.807) is 36.5 Å². The molecular formula is C16H18N2O3S. The van der Waals surface area contributed by atoms with Gasteiger partial charge in [0.2, 0.25) is 0 Å². The summed E-state index contributed by atoms with van der Waals surface area (Å²) in [6.45, 7) is 3.85. The molecule has 0 unspecified atom stereocenters. The van der Waals surface area contributed by atoms with Crippen molar-refractivity contribution in [2.75, 3.05) is 6.26 Å². The highest BCUT2D eigenvalue weighted by Gasteiger charge is 2.13. The van der Waals surface area contributed by atoms with Crippen LogP contribution in [0, 0.1) is 0 Å². The molecule has 5 nitrogen and oxygen atoms in total. The summed E-state index contributed by atoms with van der Waals surface area (Å²) in [6, 6.07) is 11.3. The monoisotopic (exact) mass is 318 g/mol. The molecule has 6 heteroatoms. The number of rotatable bonds is 3. The van der Waals surface area contributed by atoms with E-state index in [1.807, 2.05) is 13.8 Å². The van der Waals surface area contributed by atoms with Crippen LogP contribution in [0.5, 0.6) is 0 Å². The molecule has 0 saturated heterocycles. The lowest BCUT2D eigenvalue weighted by atomic mass is 10.2. The summed E-state index contributed by atoms with van der Waals surface area (Å²) >= 11 is 0. The number of carbonyl (C=O) groups is 1. The summed E-state index contributed by atoms with van der Waals surface area (Å²) in [5.74, 6) is -0.314. The Morgan fingerprint density at radius 2 is 1.86 bits per heavy atom. The molecular weight excluding hydrogens is 300 g/mol. The molecule has 0 N–H and O–H groups in total. The molecule has 22 heavy (non-hydrogen) atoms. The van der Waals surface area contributed by atoms with Crippen LogP contribution >= 0.6 is 0 Å². The van der Waals surface area contributed by atoms with Gasteiger partial charge in [-0.05, 0) is 44.2 Å². The van der Waals surface area contributed by atoms with Crippen molar-refractivity contribution in [3.05, 3.63) is 59.7 Å². The molecule has 0 fully saturated rings. The Labute approximate surface area is 129 Å². The maximum absolute atomic E-state index is 12.6. The first-order valence-electron chi connectivity index (χ1n) is 6.85. The predicted octanol–water partition coefficient (Wildman–Crippen LogP) is 1.89. The minimum atomic E-state index is -3.36. The minimum absolute atomic E-state index is 0.0452. The van der Waals surface area contributed by atoms with Crippen LogP contribution in [0.4, 0.5) is 0 Å². The first-order valence-corrected chi connectivity index (χ1v) is 8.74. The summed E-state index contributed by atoms with van der Waals surface area (Å²) < 4.78 is 24.7. The van der Waals surface area contributed by atoms with Crippen LogP contribution in [0.2, 0.25) is 0 Å². The largest absolute Gasteiger partial charge is 0.268 e. The Balaban J connectivity index is 2.55. The average molecular weight is 318 g/mol. The molecule has 1 heterocycles. The lowest BCUT2D eigenvalue weighted by Crippen LogP contribution is -2.28. The fourth-order valence-corrected chi connectivity index (χ4v) is 2.64. The number of hydrogen-bond donors (Lipinski definition) is 0. The van der Waals surface area contributed by atoms with E-state index in [0.717, 1.165) is 6.26 Å². The number of sulfone groups is 1. The van der Waals surface area contributed by atoms with Crippen molar-refractivity contribution in [3.63, 3.8) is 0 Å². The van der Waals surface area contributed by atoms with E-state index >= 15 is 0 Å². The van der Waals surface area contributed by atoms with Crippen molar-refractivity contribution in [2.45, 2.75) is 24.8 Å². The van der Waals surface area contributed by atoms with Gasteiger partial charge in [-0.15, -0.1) is 0 Å². The molecule has 2 aromatic rings. The van der Waals surface area contributed by atoms with Crippen molar-refractivity contribution in [1.82, 2.24) is 4.57 Å². The maximum Gasteiger partial charge on any atom is 0.263 e. The van der Waals surface area contributed by atoms with Gasteiger partial charge in [0, 0.05) is 24.1 Å². The van der Waals surface area contributed by atoms with E-state index < -0.39 is 9.84 Å². The first-order chi connectivity index (χ1) is 10.3. The minimum Gasteiger partial charge on any atom is -0.268 e. The predicted molar refractivity (Wildman–Crippen MR) is 84.4 cm³/mol. The Hall–Kier alpha value is -2.21.